The summed E-state index contributed by atoms with van der Waals surface area (Å²) in [6, 6.07) is 5.27. The van der Waals surface area contributed by atoms with Crippen LogP contribution in [-0.4, -0.2) is 23.7 Å². The van der Waals surface area contributed by atoms with Crippen LogP contribution in [0.4, 0.5) is 0 Å². The SMILES string of the molecule is O=C(NCC1CCCCC1O)c1cc(Cl)ccc1I. The summed E-state index contributed by atoms with van der Waals surface area (Å²) in [4.78, 5) is 12.1. The quantitative estimate of drug-likeness (QED) is 0.775. The van der Waals surface area contributed by atoms with E-state index in [9.17, 15) is 9.90 Å². The van der Waals surface area contributed by atoms with Crippen molar-refractivity contribution in [1.82, 2.24) is 5.32 Å². The van der Waals surface area contributed by atoms with Crippen LogP contribution in [0.2, 0.25) is 5.02 Å². The highest BCUT2D eigenvalue weighted by molar-refractivity contribution is 14.1. The van der Waals surface area contributed by atoms with E-state index in [1.54, 1.807) is 12.1 Å². The fourth-order valence-electron chi connectivity index (χ4n) is 2.42. The molecule has 0 bridgehead atoms. The zero-order chi connectivity index (χ0) is 13.8. The molecule has 2 atom stereocenters. The highest BCUT2D eigenvalue weighted by atomic mass is 127. The Bertz CT molecular complexity index is 467. The monoisotopic (exact) mass is 393 g/mol. The molecule has 0 heterocycles. The Morgan fingerprint density at radius 2 is 2.16 bits per heavy atom. The van der Waals surface area contributed by atoms with Gasteiger partial charge in [0.2, 0.25) is 0 Å². The maximum absolute atomic E-state index is 12.1. The molecule has 1 fully saturated rings. The van der Waals surface area contributed by atoms with Crippen molar-refractivity contribution >= 4 is 40.1 Å². The van der Waals surface area contributed by atoms with E-state index in [1.807, 2.05) is 6.07 Å². The molecule has 0 spiro atoms. The van der Waals surface area contributed by atoms with E-state index in [0.29, 0.717) is 17.1 Å². The first kappa shape index (κ1) is 15.1. The number of carbonyl (C=O) groups excluding carboxylic acids is 1. The molecule has 0 radical (unpaired) electrons. The van der Waals surface area contributed by atoms with Gasteiger partial charge in [-0.2, -0.15) is 0 Å². The number of nitrogens with one attached hydrogen (secondary N) is 1. The number of carbonyl (C=O) groups is 1. The third-order valence-corrected chi connectivity index (χ3v) is 4.74. The summed E-state index contributed by atoms with van der Waals surface area (Å²) in [6.45, 7) is 0.530. The molecular formula is C14H17ClINO2. The summed E-state index contributed by atoms with van der Waals surface area (Å²) in [5.74, 6) is 0.0548. The van der Waals surface area contributed by atoms with Gasteiger partial charge in [-0.1, -0.05) is 24.4 Å². The van der Waals surface area contributed by atoms with Crippen molar-refractivity contribution in [2.75, 3.05) is 6.54 Å². The molecule has 1 aromatic rings. The van der Waals surface area contributed by atoms with Gasteiger partial charge in [0.15, 0.2) is 0 Å². The van der Waals surface area contributed by atoms with Gasteiger partial charge in [-0.25, -0.2) is 0 Å². The number of halogens is 2. The predicted octanol–water partition coefficient (Wildman–Crippen LogP) is 3.23. The molecule has 1 aliphatic carbocycles. The average molecular weight is 394 g/mol. The van der Waals surface area contributed by atoms with E-state index in [4.69, 9.17) is 11.6 Å². The average Bonchev–Trinajstić information content (AvgIpc) is 2.40. The van der Waals surface area contributed by atoms with Gasteiger partial charge in [0.1, 0.15) is 0 Å². The highest BCUT2D eigenvalue weighted by Gasteiger charge is 2.23. The van der Waals surface area contributed by atoms with Crippen molar-refractivity contribution in [3.05, 3.63) is 32.4 Å². The normalized spacial score (nSPS) is 23.1. The van der Waals surface area contributed by atoms with Crippen LogP contribution in [0.5, 0.6) is 0 Å². The molecule has 0 saturated heterocycles. The molecule has 1 aromatic carbocycles. The third kappa shape index (κ3) is 4.07. The molecule has 1 amide bonds. The van der Waals surface area contributed by atoms with Gasteiger partial charge in [0.05, 0.1) is 11.7 Å². The lowest BCUT2D eigenvalue weighted by molar-refractivity contribution is 0.0662. The molecule has 1 saturated carbocycles. The first-order valence-electron chi connectivity index (χ1n) is 6.49. The number of hydrogen-bond acceptors (Lipinski definition) is 2. The van der Waals surface area contributed by atoms with Crippen LogP contribution in [0.15, 0.2) is 18.2 Å². The van der Waals surface area contributed by atoms with Gasteiger partial charge >= 0.3 is 0 Å². The maximum Gasteiger partial charge on any atom is 0.252 e. The minimum atomic E-state index is -0.285. The lowest BCUT2D eigenvalue weighted by atomic mass is 9.86. The number of hydrogen-bond donors (Lipinski definition) is 2. The molecule has 0 aromatic heterocycles. The van der Waals surface area contributed by atoms with Crippen LogP contribution < -0.4 is 5.32 Å². The summed E-state index contributed by atoms with van der Waals surface area (Å²) in [5.41, 5.74) is 0.596. The van der Waals surface area contributed by atoms with E-state index in [0.717, 1.165) is 29.3 Å². The third-order valence-electron chi connectivity index (χ3n) is 3.57. The molecule has 2 unspecified atom stereocenters. The van der Waals surface area contributed by atoms with E-state index < -0.39 is 0 Å². The largest absolute Gasteiger partial charge is 0.393 e. The topological polar surface area (TPSA) is 49.3 Å². The zero-order valence-electron chi connectivity index (χ0n) is 10.5. The molecule has 2 N–H and O–H groups in total. The van der Waals surface area contributed by atoms with Crippen LogP contribution in [-0.2, 0) is 0 Å². The number of aliphatic hydroxyl groups excluding tert-OH is 1. The van der Waals surface area contributed by atoms with Crippen molar-refractivity contribution in [2.24, 2.45) is 5.92 Å². The van der Waals surface area contributed by atoms with E-state index >= 15 is 0 Å². The Morgan fingerprint density at radius 3 is 2.89 bits per heavy atom. The number of aliphatic hydroxyl groups is 1. The smallest absolute Gasteiger partial charge is 0.252 e. The molecule has 19 heavy (non-hydrogen) atoms. The molecule has 5 heteroatoms. The van der Waals surface area contributed by atoms with Crippen molar-refractivity contribution in [2.45, 2.75) is 31.8 Å². The Labute approximate surface area is 131 Å². The number of rotatable bonds is 3. The summed E-state index contributed by atoms with van der Waals surface area (Å²) in [7, 11) is 0. The van der Waals surface area contributed by atoms with Crippen molar-refractivity contribution in [3.8, 4) is 0 Å². The van der Waals surface area contributed by atoms with Gasteiger partial charge in [0, 0.05) is 21.1 Å². The second-order valence-electron chi connectivity index (χ2n) is 4.95. The molecule has 0 aliphatic heterocycles. The second kappa shape index (κ2) is 6.90. The molecule has 3 nitrogen and oxygen atoms in total. The van der Waals surface area contributed by atoms with E-state index in [-0.39, 0.29) is 17.9 Å². The van der Waals surface area contributed by atoms with Crippen molar-refractivity contribution < 1.29 is 9.90 Å². The number of amides is 1. The Kier molecular flexibility index (Phi) is 5.47. The van der Waals surface area contributed by atoms with Gasteiger partial charge < -0.3 is 10.4 Å². The summed E-state index contributed by atoms with van der Waals surface area (Å²) < 4.78 is 0.878. The Morgan fingerprint density at radius 1 is 1.42 bits per heavy atom. The minimum absolute atomic E-state index is 0.121. The van der Waals surface area contributed by atoms with Crippen LogP contribution in [0.3, 0.4) is 0 Å². The number of benzene rings is 1. The Hall–Kier alpha value is -0.330. The fourth-order valence-corrected chi connectivity index (χ4v) is 3.17. The lowest BCUT2D eigenvalue weighted by Crippen LogP contribution is -2.36. The van der Waals surface area contributed by atoms with Crippen molar-refractivity contribution in [3.63, 3.8) is 0 Å². The van der Waals surface area contributed by atoms with E-state index in [1.165, 1.54) is 0 Å². The molecular weight excluding hydrogens is 377 g/mol. The van der Waals surface area contributed by atoms with Gasteiger partial charge in [-0.3, -0.25) is 4.79 Å². The minimum Gasteiger partial charge on any atom is -0.393 e. The highest BCUT2D eigenvalue weighted by Crippen LogP contribution is 2.24. The summed E-state index contributed by atoms with van der Waals surface area (Å²) >= 11 is 8.03. The first-order chi connectivity index (χ1) is 9.08. The maximum atomic E-state index is 12.1. The van der Waals surface area contributed by atoms with Crippen LogP contribution in [0, 0.1) is 9.49 Å². The fraction of sp³-hybridized carbons (Fsp3) is 0.500. The second-order valence-corrected chi connectivity index (χ2v) is 6.54. The predicted molar refractivity (Wildman–Crippen MR) is 84.5 cm³/mol. The van der Waals surface area contributed by atoms with Gasteiger partial charge in [-0.05, 0) is 53.6 Å². The van der Waals surface area contributed by atoms with Crippen LogP contribution in [0.25, 0.3) is 0 Å². The van der Waals surface area contributed by atoms with Crippen molar-refractivity contribution in [1.29, 1.82) is 0 Å². The standard InChI is InChI=1S/C14H17ClINO2/c15-10-5-6-12(16)11(7-10)14(19)17-8-9-3-1-2-4-13(9)18/h5-7,9,13,18H,1-4,8H2,(H,17,19). The Balaban J connectivity index is 1.95. The van der Waals surface area contributed by atoms with Crippen LogP contribution in [0.1, 0.15) is 36.0 Å². The lowest BCUT2D eigenvalue weighted by Gasteiger charge is -2.27. The zero-order valence-corrected chi connectivity index (χ0v) is 13.4. The summed E-state index contributed by atoms with van der Waals surface area (Å²) in [5, 5.41) is 13.3. The molecule has 1 aliphatic rings. The van der Waals surface area contributed by atoms with Gasteiger partial charge in [-0.15, -0.1) is 0 Å². The summed E-state index contributed by atoms with van der Waals surface area (Å²) in [6.07, 6.45) is 3.75. The molecule has 2 rings (SSSR count). The van der Waals surface area contributed by atoms with Gasteiger partial charge in [0.25, 0.3) is 5.91 Å². The first-order valence-corrected chi connectivity index (χ1v) is 7.95. The van der Waals surface area contributed by atoms with E-state index in [2.05, 4.69) is 27.9 Å². The van der Waals surface area contributed by atoms with Crippen LogP contribution >= 0.6 is 34.2 Å². The molecule has 104 valence electrons.